The molecule has 46 heavy (non-hydrogen) atoms. The zero-order valence-electron chi connectivity index (χ0n) is 28.5. The van der Waals surface area contributed by atoms with Gasteiger partial charge in [0.2, 0.25) is 0 Å². The number of hydrogen-bond acceptors (Lipinski definition) is 4. The first-order chi connectivity index (χ1) is 23.3. The van der Waals surface area contributed by atoms with Gasteiger partial charge in [0.05, 0.1) is 18.0 Å². The van der Waals surface area contributed by atoms with E-state index in [-0.39, 0.29) is 26.6 Å². The number of anilines is 6. The van der Waals surface area contributed by atoms with Crippen molar-refractivity contribution in [2.75, 3.05) is 21.4 Å². The van der Waals surface area contributed by atoms with Crippen molar-refractivity contribution >= 4 is 55.9 Å². The summed E-state index contributed by atoms with van der Waals surface area (Å²) in [6, 6.07) is 48.4. The van der Waals surface area contributed by atoms with E-state index >= 15 is 0 Å². The van der Waals surface area contributed by atoms with Crippen LogP contribution in [0.25, 0.3) is 27.6 Å². The number of nitrogens with zero attached hydrogens (tertiary/aromatic N) is 5. The Bertz CT molecular complexity index is 2280. The second-order valence-electron chi connectivity index (χ2n) is 11.6. The van der Waals surface area contributed by atoms with Gasteiger partial charge in [-0.05, 0) is 74.1 Å². The van der Waals surface area contributed by atoms with E-state index in [0.29, 0.717) is 11.9 Å². The van der Waals surface area contributed by atoms with Gasteiger partial charge in [0.15, 0.2) is 0 Å². The van der Waals surface area contributed by atoms with Crippen LogP contribution in [0.2, 0.25) is 0 Å². The molecule has 0 radical (unpaired) electrons. The maximum Gasteiger partial charge on any atom is 2.00 e. The Hall–Kier alpha value is -4.86. The van der Waals surface area contributed by atoms with Crippen LogP contribution in [-0.4, -0.2) is 22.3 Å². The fraction of sp³-hybridized carbons (Fsp3) is 0.125. The van der Waals surface area contributed by atoms with Gasteiger partial charge in [-0.2, -0.15) is 12.1 Å². The topological polar surface area (TPSA) is 27.5 Å². The van der Waals surface area contributed by atoms with Crippen molar-refractivity contribution in [3.63, 3.8) is 0 Å². The van der Waals surface area contributed by atoms with E-state index in [1.165, 1.54) is 5.69 Å². The first kappa shape index (κ1) is 26.4. The molecular weight excluding hydrogens is 746 g/mol. The standard InChI is InChI=1S/C40H33N5.Pt/c1-28(2)42-27-43(38-19-10-9-18-37(38)42)31-14-11-15-32(25-31)44(30-12-5-4-6-13-30)33-20-21-35-34-16-7-8-17-36(34)45(39(35)26-33)40-24-29(3)22-23-41-40;/h4-24,28H,27H2,1-3H3;/q-2;+2/i3D3;. The van der Waals surface area contributed by atoms with E-state index < -0.39 is 6.85 Å². The van der Waals surface area contributed by atoms with E-state index in [4.69, 9.17) is 4.11 Å². The quantitative estimate of drug-likeness (QED) is 0.157. The summed E-state index contributed by atoms with van der Waals surface area (Å²) in [5, 5.41) is 2.04. The molecule has 5 nitrogen and oxygen atoms in total. The molecule has 0 aliphatic carbocycles. The van der Waals surface area contributed by atoms with Gasteiger partial charge >= 0.3 is 21.1 Å². The van der Waals surface area contributed by atoms with Crippen LogP contribution in [0.1, 0.15) is 23.5 Å². The molecule has 0 spiro atoms. The van der Waals surface area contributed by atoms with Gasteiger partial charge in [-0.25, -0.2) is 4.98 Å². The van der Waals surface area contributed by atoms with Gasteiger partial charge < -0.3 is 19.3 Å². The first-order valence-corrected chi connectivity index (χ1v) is 15.2. The Kier molecular flexibility index (Phi) is 6.96. The average Bonchev–Trinajstić information content (AvgIpc) is 3.65. The minimum absolute atomic E-state index is 0. The molecule has 0 amide bonds. The summed E-state index contributed by atoms with van der Waals surface area (Å²) in [5.74, 6) is 0.533. The zero-order chi connectivity index (χ0) is 33.0. The summed E-state index contributed by atoms with van der Waals surface area (Å²) < 4.78 is 26.1. The molecule has 8 rings (SSSR count). The zero-order valence-corrected chi connectivity index (χ0v) is 27.7. The number of rotatable bonds is 6. The maximum atomic E-state index is 8.03. The minimum atomic E-state index is -2.25. The predicted octanol–water partition coefficient (Wildman–Crippen LogP) is 9.88. The number of para-hydroxylation sites is 4. The van der Waals surface area contributed by atoms with Crippen molar-refractivity contribution in [3.05, 3.63) is 145 Å². The molecule has 5 aromatic carbocycles. The van der Waals surface area contributed by atoms with Gasteiger partial charge in [-0.15, -0.1) is 35.7 Å². The Morgan fingerprint density at radius 1 is 0.761 bits per heavy atom. The van der Waals surface area contributed by atoms with E-state index in [9.17, 15) is 0 Å². The van der Waals surface area contributed by atoms with Crippen LogP contribution in [-0.2, 0) is 21.1 Å². The van der Waals surface area contributed by atoms with Gasteiger partial charge in [-0.3, -0.25) is 0 Å². The SMILES string of the molecule is [2H]C([2H])([2H])c1ccnc(-n2c3[c-]c(N(c4[c-]c(N5CN(C(C)C)c6ccccc65)ccc4)c4ccccc4)ccc3c3ccccc32)c1.[Pt+2]. The summed E-state index contributed by atoms with van der Waals surface area (Å²) in [7, 11) is 0. The van der Waals surface area contributed by atoms with E-state index in [1.54, 1.807) is 18.3 Å². The van der Waals surface area contributed by atoms with Gasteiger partial charge in [-0.1, -0.05) is 71.1 Å². The Balaban J connectivity index is 0.00000378. The molecule has 228 valence electrons. The van der Waals surface area contributed by atoms with Crippen LogP contribution in [0.15, 0.2) is 128 Å². The van der Waals surface area contributed by atoms with Crippen LogP contribution in [0.5, 0.6) is 0 Å². The molecule has 2 aromatic heterocycles. The van der Waals surface area contributed by atoms with Crippen molar-refractivity contribution in [1.82, 2.24) is 9.55 Å². The average molecular weight is 782 g/mol. The fourth-order valence-corrected chi connectivity index (χ4v) is 6.40. The molecule has 7 aromatic rings. The van der Waals surface area contributed by atoms with Gasteiger partial charge in [0.25, 0.3) is 0 Å². The number of aromatic nitrogens is 2. The number of hydrogen-bond donors (Lipinski definition) is 0. The molecule has 0 atom stereocenters. The van der Waals surface area contributed by atoms with Crippen molar-refractivity contribution in [2.24, 2.45) is 0 Å². The number of benzene rings is 5. The summed E-state index contributed by atoms with van der Waals surface area (Å²) >= 11 is 0. The van der Waals surface area contributed by atoms with Crippen LogP contribution in [0, 0.1) is 19.0 Å². The molecule has 0 fully saturated rings. The molecule has 0 saturated carbocycles. The van der Waals surface area contributed by atoms with Crippen LogP contribution >= 0.6 is 0 Å². The Morgan fingerprint density at radius 3 is 2.35 bits per heavy atom. The fourth-order valence-electron chi connectivity index (χ4n) is 6.40. The summed E-state index contributed by atoms with van der Waals surface area (Å²) in [6.07, 6.45) is 1.56. The van der Waals surface area contributed by atoms with E-state index in [0.717, 1.165) is 56.9 Å². The molecule has 0 N–H and O–H groups in total. The van der Waals surface area contributed by atoms with Crippen molar-refractivity contribution in [3.8, 4) is 5.82 Å². The molecule has 0 unspecified atom stereocenters. The second kappa shape index (κ2) is 12.1. The second-order valence-corrected chi connectivity index (χ2v) is 11.6. The number of fused-ring (bicyclic) bond motifs is 4. The molecular formula is C40H33N5Pt. The molecule has 0 saturated heterocycles. The summed E-state index contributed by atoms with van der Waals surface area (Å²) in [4.78, 5) is 11.5. The molecule has 6 heteroatoms. The molecule has 1 aliphatic heterocycles. The summed E-state index contributed by atoms with van der Waals surface area (Å²) in [6.45, 7) is 2.93. The molecule has 1 aliphatic rings. The summed E-state index contributed by atoms with van der Waals surface area (Å²) in [5.41, 5.74) is 8.00. The van der Waals surface area contributed by atoms with Gasteiger partial charge in [0.1, 0.15) is 5.82 Å². The van der Waals surface area contributed by atoms with E-state index in [1.807, 2.05) is 41.0 Å². The van der Waals surface area contributed by atoms with Gasteiger partial charge in [0, 0.05) is 27.6 Å². The third-order valence-corrected chi connectivity index (χ3v) is 8.49. The smallest absolute Gasteiger partial charge is 0.358 e. The van der Waals surface area contributed by atoms with Crippen molar-refractivity contribution < 1.29 is 25.2 Å². The van der Waals surface area contributed by atoms with Crippen LogP contribution < -0.4 is 14.7 Å². The molecule has 0 bridgehead atoms. The maximum absolute atomic E-state index is 8.03. The van der Waals surface area contributed by atoms with E-state index in [2.05, 4.69) is 118 Å². The monoisotopic (exact) mass is 781 g/mol. The number of aryl methyl sites for hydroxylation is 1. The van der Waals surface area contributed by atoms with Crippen LogP contribution in [0.4, 0.5) is 34.1 Å². The third kappa shape index (κ3) is 5.05. The third-order valence-electron chi connectivity index (χ3n) is 8.49. The predicted molar refractivity (Wildman–Crippen MR) is 187 cm³/mol. The Labute approximate surface area is 288 Å². The van der Waals surface area contributed by atoms with Crippen LogP contribution in [0.3, 0.4) is 0 Å². The number of pyridine rings is 1. The molecule has 3 heterocycles. The van der Waals surface area contributed by atoms with Crippen molar-refractivity contribution in [2.45, 2.75) is 26.7 Å². The first-order valence-electron chi connectivity index (χ1n) is 16.7. The Morgan fingerprint density at radius 2 is 1.52 bits per heavy atom. The minimum Gasteiger partial charge on any atom is -0.358 e. The normalized spacial score (nSPS) is 13.8. The largest absolute Gasteiger partial charge is 2.00 e. The van der Waals surface area contributed by atoms with Crippen molar-refractivity contribution in [1.29, 1.82) is 0 Å².